The molecule has 0 spiro atoms. The van der Waals surface area contributed by atoms with Crippen LogP contribution in [0.5, 0.6) is 17.2 Å². The van der Waals surface area contributed by atoms with E-state index >= 15 is 0 Å². The molecule has 4 heteroatoms. The minimum Gasteiger partial charge on any atom is -0.497 e. The SMILES string of the molecule is COc1cc2c(c(C3(CN)CCCCC3)c1)OCO2. The molecule has 1 fully saturated rings. The summed E-state index contributed by atoms with van der Waals surface area (Å²) in [6.07, 6.45) is 5.98. The van der Waals surface area contributed by atoms with Gasteiger partial charge in [-0.1, -0.05) is 19.3 Å². The first-order valence-corrected chi connectivity index (χ1v) is 6.97. The highest BCUT2D eigenvalue weighted by molar-refractivity contribution is 5.56. The number of hydrogen-bond donors (Lipinski definition) is 1. The summed E-state index contributed by atoms with van der Waals surface area (Å²) in [5.41, 5.74) is 7.31. The summed E-state index contributed by atoms with van der Waals surface area (Å²) in [5.74, 6) is 2.47. The van der Waals surface area contributed by atoms with E-state index in [1.165, 1.54) is 24.8 Å². The van der Waals surface area contributed by atoms with Crippen molar-refractivity contribution in [2.45, 2.75) is 37.5 Å². The predicted octanol–water partition coefficient (Wildman–Crippen LogP) is 2.58. The molecule has 2 aliphatic rings. The zero-order chi connectivity index (χ0) is 13.3. The van der Waals surface area contributed by atoms with Crippen molar-refractivity contribution < 1.29 is 14.2 Å². The highest BCUT2D eigenvalue weighted by atomic mass is 16.7. The Morgan fingerprint density at radius 2 is 2.00 bits per heavy atom. The zero-order valence-corrected chi connectivity index (χ0v) is 11.4. The van der Waals surface area contributed by atoms with Crippen LogP contribution < -0.4 is 19.9 Å². The molecule has 1 heterocycles. The molecular weight excluding hydrogens is 242 g/mol. The van der Waals surface area contributed by atoms with E-state index in [2.05, 4.69) is 6.07 Å². The first-order valence-electron chi connectivity index (χ1n) is 6.97. The molecule has 4 nitrogen and oxygen atoms in total. The summed E-state index contributed by atoms with van der Waals surface area (Å²) in [5, 5.41) is 0. The van der Waals surface area contributed by atoms with Crippen molar-refractivity contribution in [3.63, 3.8) is 0 Å². The van der Waals surface area contributed by atoms with Gasteiger partial charge in [0.05, 0.1) is 7.11 Å². The van der Waals surface area contributed by atoms with Gasteiger partial charge in [0.15, 0.2) is 11.5 Å². The molecule has 0 aromatic heterocycles. The summed E-state index contributed by atoms with van der Waals surface area (Å²) in [4.78, 5) is 0. The lowest BCUT2D eigenvalue weighted by atomic mass is 9.69. The van der Waals surface area contributed by atoms with Gasteiger partial charge in [-0.05, 0) is 18.9 Å². The molecule has 1 aromatic carbocycles. The van der Waals surface area contributed by atoms with Gasteiger partial charge in [-0.3, -0.25) is 0 Å². The molecule has 104 valence electrons. The molecule has 1 saturated carbocycles. The first kappa shape index (κ1) is 12.6. The second kappa shape index (κ2) is 4.93. The van der Waals surface area contributed by atoms with E-state index in [-0.39, 0.29) is 12.2 Å². The van der Waals surface area contributed by atoms with Gasteiger partial charge in [0.1, 0.15) is 5.75 Å². The number of ether oxygens (including phenoxy) is 3. The minimum atomic E-state index is 0.0184. The number of rotatable bonds is 3. The third-order valence-corrected chi connectivity index (χ3v) is 4.45. The molecule has 2 N–H and O–H groups in total. The van der Waals surface area contributed by atoms with Crippen molar-refractivity contribution in [2.75, 3.05) is 20.4 Å². The largest absolute Gasteiger partial charge is 0.497 e. The van der Waals surface area contributed by atoms with Gasteiger partial charge in [0.2, 0.25) is 6.79 Å². The van der Waals surface area contributed by atoms with Crippen molar-refractivity contribution in [3.05, 3.63) is 17.7 Å². The van der Waals surface area contributed by atoms with Crippen LogP contribution in [0.4, 0.5) is 0 Å². The fraction of sp³-hybridized carbons (Fsp3) is 0.600. The zero-order valence-electron chi connectivity index (χ0n) is 11.4. The molecule has 1 aromatic rings. The van der Waals surface area contributed by atoms with Crippen LogP contribution in [0.25, 0.3) is 0 Å². The summed E-state index contributed by atoms with van der Waals surface area (Å²) in [6.45, 7) is 0.937. The average Bonchev–Trinajstić information content (AvgIpc) is 2.95. The van der Waals surface area contributed by atoms with Crippen LogP contribution in [0.3, 0.4) is 0 Å². The average molecular weight is 263 g/mol. The number of hydrogen-bond acceptors (Lipinski definition) is 4. The van der Waals surface area contributed by atoms with Crippen LogP contribution in [0, 0.1) is 0 Å². The number of methoxy groups -OCH3 is 1. The van der Waals surface area contributed by atoms with Gasteiger partial charge in [-0.25, -0.2) is 0 Å². The summed E-state index contributed by atoms with van der Waals surface area (Å²) in [6, 6.07) is 3.96. The molecule has 0 saturated heterocycles. The first-order chi connectivity index (χ1) is 9.29. The van der Waals surface area contributed by atoms with E-state index < -0.39 is 0 Å². The van der Waals surface area contributed by atoms with Crippen LogP contribution in [-0.4, -0.2) is 20.4 Å². The maximum Gasteiger partial charge on any atom is 0.231 e. The lowest BCUT2D eigenvalue weighted by Crippen LogP contribution is -2.37. The minimum absolute atomic E-state index is 0.0184. The second-order valence-electron chi connectivity index (χ2n) is 5.45. The molecular formula is C15H21NO3. The normalized spacial score (nSPS) is 20.3. The van der Waals surface area contributed by atoms with E-state index in [1.54, 1.807) is 7.11 Å². The molecule has 0 radical (unpaired) electrons. The molecule has 0 unspecified atom stereocenters. The quantitative estimate of drug-likeness (QED) is 0.910. The monoisotopic (exact) mass is 263 g/mol. The smallest absolute Gasteiger partial charge is 0.231 e. The molecule has 3 rings (SSSR count). The molecule has 19 heavy (non-hydrogen) atoms. The van der Waals surface area contributed by atoms with E-state index in [0.29, 0.717) is 6.54 Å². The standard InChI is InChI=1S/C15H21NO3/c1-17-11-7-12(14-13(8-11)18-10-19-14)15(9-16)5-3-2-4-6-15/h7-8H,2-6,9-10,16H2,1H3. The topological polar surface area (TPSA) is 53.7 Å². The Morgan fingerprint density at radius 1 is 1.21 bits per heavy atom. The van der Waals surface area contributed by atoms with Crippen molar-refractivity contribution in [1.29, 1.82) is 0 Å². The van der Waals surface area contributed by atoms with Crippen LogP contribution in [0.15, 0.2) is 12.1 Å². The maximum absolute atomic E-state index is 6.12. The van der Waals surface area contributed by atoms with Crippen molar-refractivity contribution in [2.24, 2.45) is 5.73 Å². The third-order valence-electron chi connectivity index (χ3n) is 4.45. The van der Waals surface area contributed by atoms with Crippen molar-refractivity contribution >= 4 is 0 Å². The molecule has 0 bridgehead atoms. The number of nitrogens with two attached hydrogens (primary N) is 1. The fourth-order valence-electron chi connectivity index (χ4n) is 3.31. The third kappa shape index (κ3) is 2.04. The van der Waals surface area contributed by atoms with Gasteiger partial charge >= 0.3 is 0 Å². The summed E-state index contributed by atoms with van der Waals surface area (Å²) < 4.78 is 16.6. The Hall–Kier alpha value is -1.42. The summed E-state index contributed by atoms with van der Waals surface area (Å²) in [7, 11) is 1.68. The van der Waals surface area contributed by atoms with E-state index in [9.17, 15) is 0 Å². The number of benzene rings is 1. The molecule has 0 atom stereocenters. The van der Waals surface area contributed by atoms with Crippen LogP contribution >= 0.6 is 0 Å². The highest BCUT2D eigenvalue weighted by Crippen LogP contribution is 2.49. The predicted molar refractivity (Wildman–Crippen MR) is 72.9 cm³/mol. The van der Waals surface area contributed by atoms with Crippen molar-refractivity contribution in [3.8, 4) is 17.2 Å². The number of fused-ring (bicyclic) bond motifs is 1. The van der Waals surface area contributed by atoms with Gasteiger partial charge in [0.25, 0.3) is 0 Å². The van der Waals surface area contributed by atoms with Gasteiger partial charge in [0, 0.05) is 23.6 Å². The Kier molecular flexibility index (Phi) is 3.27. The van der Waals surface area contributed by atoms with E-state index in [0.717, 1.165) is 30.1 Å². The van der Waals surface area contributed by atoms with Crippen LogP contribution in [0.1, 0.15) is 37.7 Å². The van der Waals surface area contributed by atoms with Gasteiger partial charge in [-0.15, -0.1) is 0 Å². The Balaban J connectivity index is 2.09. The van der Waals surface area contributed by atoms with Gasteiger partial charge in [-0.2, -0.15) is 0 Å². The molecule has 1 aliphatic heterocycles. The Bertz CT molecular complexity index is 467. The lowest BCUT2D eigenvalue weighted by molar-refractivity contribution is 0.170. The van der Waals surface area contributed by atoms with E-state index in [4.69, 9.17) is 19.9 Å². The second-order valence-corrected chi connectivity index (χ2v) is 5.45. The van der Waals surface area contributed by atoms with Crippen LogP contribution in [-0.2, 0) is 5.41 Å². The van der Waals surface area contributed by atoms with E-state index in [1.807, 2.05) is 6.07 Å². The molecule has 1 aliphatic carbocycles. The Morgan fingerprint density at radius 3 is 2.68 bits per heavy atom. The van der Waals surface area contributed by atoms with Gasteiger partial charge < -0.3 is 19.9 Å². The van der Waals surface area contributed by atoms with Crippen LogP contribution in [0.2, 0.25) is 0 Å². The summed E-state index contributed by atoms with van der Waals surface area (Å²) >= 11 is 0. The fourth-order valence-corrected chi connectivity index (χ4v) is 3.31. The maximum atomic E-state index is 6.12. The molecule has 0 amide bonds. The lowest BCUT2D eigenvalue weighted by Gasteiger charge is -2.37. The highest BCUT2D eigenvalue weighted by Gasteiger charge is 2.37. The van der Waals surface area contributed by atoms with Crippen molar-refractivity contribution in [1.82, 2.24) is 0 Å². The Labute approximate surface area is 113 Å².